The maximum Gasteiger partial charge on any atom is 0.331 e. The Morgan fingerprint density at radius 1 is 0.881 bits per heavy atom. The van der Waals surface area contributed by atoms with Crippen molar-refractivity contribution in [3.8, 4) is 34.3 Å². The van der Waals surface area contributed by atoms with Crippen LogP contribution < -0.4 is 5.43 Å². The highest BCUT2D eigenvalue weighted by Crippen LogP contribution is 2.44. The Morgan fingerprint density at radius 3 is 2.17 bits per heavy atom. The average Bonchev–Trinajstić information content (AvgIpc) is 2.96. The van der Waals surface area contributed by atoms with Gasteiger partial charge in [-0.3, -0.25) is 4.79 Å². The van der Waals surface area contributed by atoms with Gasteiger partial charge in [0.25, 0.3) is 0 Å². The minimum absolute atomic E-state index is 0.0146. The first kappa shape index (κ1) is 28.6. The van der Waals surface area contributed by atoms with E-state index in [0.717, 1.165) is 18.2 Å². The third kappa shape index (κ3) is 5.51. The quantitative estimate of drug-likeness (QED) is 0.130. The van der Waals surface area contributed by atoms with Crippen LogP contribution in [0.15, 0.2) is 76.0 Å². The van der Waals surface area contributed by atoms with Crippen molar-refractivity contribution in [1.82, 2.24) is 0 Å². The molecule has 5 rings (SSSR count). The molecule has 12 heteroatoms. The van der Waals surface area contributed by atoms with Gasteiger partial charge in [0.15, 0.2) is 17.1 Å². The normalized spacial score (nSPS) is 22.4. The summed E-state index contributed by atoms with van der Waals surface area (Å²) in [5.41, 5.74) is -0.484. The average molecular weight is 579 g/mol. The largest absolute Gasteiger partial charge is 0.508 e. The predicted molar refractivity (Wildman–Crippen MR) is 147 cm³/mol. The van der Waals surface area contributed by atoms with Gasteiger partial charge in [-0.1, -0.05) is 12.1 Å². The SMILES string of the molecule is O=C(C=Cc1ccc(O)cc1)O[C@@H]1[C@@H](O)[C@H](O)[C@@H](CO)O[C@@H]1c1c(O)cc(O)c2c(=O)cc(-c3ccc(O)cc3)oc12. The first-order chi connectivity index (χ1) is 20.1. The lowest BCUT2D eigenvalue weighted by Crippen LogP contribution is -2.56. The van der Waals surface area contributed by atoms with E-state index >= 15 is 0 Å². The second-order valence-electron chi connectivity index (χ2n) is 9.64. The topological polar surface area (TPSA) is 207 Å². The summed E-state index contributed by atoms with van der Waals surface area (Å²) in [5.74, 6) is -2.30. The summed E-state index contributed by atoms with van der Waals surface area (Å²) in [5, 5.41) is 71.5. The smallest absolute Gasteiger partial charge is 0.331 e. The van der Waals surface area contributed by atoms with Crippen LogP contribution in [0.4, 0.5) is 0 Å². The van der Waals surface area contributed by atoms with Gasteiger partial charge in [-0.15, -0.1) is 0 Å². The van der Waals surface area contributed by atoms with Gasteiger partial charge in [-0.05, 0) is 48.0 Å². The molecule has 0 radical (unpaired) electrons. The molecule has 7 N–H and O–H groups in total. The fraction of sp³-hybridized carbons (Fsp3) is 0.200. The molecule has 0 amide bonds. The Kier molecular flexibility index (Phi) is 7.87. The molecule has 1 aromatic heterocycles. The number of rotatable bonds is 6. The summed E-state index contributed by atoms with van der Waals surface area (Å²) in [6.45, 7) is -0.768. The van der Waals surface area contributed by atoms with Crippen LogP contribution in [0.1, 0.15) is 17.2 Å². The van der Waals surface area contributed by atoms with Crippen LogP contribution in [0.5, 0.6) is 23.0 Å². The number of phenols is 4. The van der Waals surface area contributed by atoms with Gasteiger partial charge in [0.05, 0.1) is 12.2 Å². The number of phenolic OH excluding ortho intramolecular Hbond substituents is 4. The van der Waals surface area contributed by atoms with E-state index in [1.165, 1.54) is 54.6 Å². The summed E-state index contributed by atoms with van der Waals surface area (Å²) in [7, 11) is 0. The minimum atomic E-state index is -1.83. The van der Waals surface area contributed by atoms with E-state index in [4.69, 9.17) is 13.9 Å². The summed E-state index contributed by atoms with van der Waals surface area (Å²) in [4.78, 5) is 25.9. The second kappa shape index (κ2) is 11.5. The fourth-order valence-electron chi connectivity index (χ4n) is 4.74. The van der Waals surface area contributed by atoms with E-state index in [-0.39, 0.29) is 33.8 Å². The van der Waals surface area contributed by atoms with E-state index in [1.54, 1.807) is 0 Å². The number of hydrogen-bond acceptors (Lipinski definition) is 12. The van der Waals surface area contributed by atoms with E-state index in [2.05, 4.69) is 0 Å². The number of ether oxygens (including phenoxy) is 2. The molecule has 218 valence electrons. The zero-order valence-electron chi connectivity index (χ0n) is 21.7. The van der Waals surface area contributed by atoms with Crippen molar-refractivity contribution in [3.63, 3.8) is 0 Å². The minimum Gasteiger partial charge on any atom is -0.508 e. The van der Waals surface area contributed by atoms with Crippen LogP contribution >= 0.6 is 0 Å². The molecule has 1 fully saturated rings. The Hall–Kier alpha value is -4.88. The third-order valence-corrected chi connectivity index (χ3v) is 6.86. The molecule has 0 bridgehead atoms. The lowest BCUT2D eigenvalue weighted by Gasteiger charge is -2.41. The summed E-state index contributed by atoms with van der Waals surface area (Å²) in [6.07, 6.45) is -5.84. The van der Waals surface area contributed by atoms with Crippen molar-refractivity contribution in [2.24, 2.45) is 0 Å². The molecule has 1 aliphatic rings. The zero-order valence-corrected chi connectivity index (χ0v) is 21.7. The fourth-order valence-corrected chi connectivity index (χ4v) is 4.74. The highest BCUT2D eigenvalue weighted by atomic mass is 16.6. The second-order valence-corrected chi connectivity index (χ2v) is 9.64. The van der Waals surface area contributed by atoms with E-state index in [1.807, 2.05) is 0 Å². The molecular weight excluding hydrogens is 552 g/mol. The molecule has 2 heterocycles. The maximum atomic E-state index is 13.1. The van der Waals surface area contributed by atoms with E-state index in [9.17, 15) is 45.3 Å². The molecular formula is C30H26O12. The molecule has 3 aromatic carbocycles. The summed E-state index contributed by atoms with van der Waals surface area (Å²) in [6, 6.07) is 13.5. The highest BCUT2D eigenvalue weighted by Gasteiger charge is 2.48. The Bertz CT molecular complexity index is 1690. The maximum absolute atomic E-state index is 13.1. The van der Waals surface area contributed by atoms with Crippen molar-refractivity contribution >= 4 is 23.0 Å². The lowest BCUT2D eigenvalue weighted by molar-refractivity contribution is -0.239. The van der Waals surface area contributed by atoms with Gasteiger partial charge >= 0.3 is 5.97 Å². The molecule has 0 aliphatic carbocycles. The Labute approximate surface area is 237 Å². The molecule has 0 saturated carbocycles. The predicted octanol–water partition coefficient (Wildman–Crippen LogP) is 2.06. The first-order valence-electron chi connectivity index (χ1n) is 12.7. The van der Waals surface area contributed by atoms with Crippen molar-refractivity contribution < 1.29 is 54.4 Å². The number of fused-ring (bicyclic) bond motifs is 1. The molecule has 5 atom stereocenters. The molecule has 0 spiro atoms. The molecule has 12 nitrogen and oxygen atoms in total. The molecule has 0 unspecified atom stereocenters. The van der Waals surface area contributed by atoms with Crippen molar-refractivity contribution in [2.45, 2.75) is 30.5 Å². The number of carbonyl (C=O) groups is 1. The Morgan fingerprint density at radius 2 is 1.52 bits per heavy atom. The van der Waals surface area contributed by atoms with Gasteiger partial charge in [0.1, 0.15) is 58.6 Å². The van der Waals surface area contributed by atoms with Crippen LogP contribution in [-0.4, -0.2) is 72.7 Å². The van der Waals surface area contributed by atoms with Crippen LogP contribution in [0.25, 0.3) is 28.4 Å². The first-order valence-corrected chi connectivity index (χ1v) is 12.7. The number of benzene rings is 3. The number of hydrogen-bond donors (Lipinski definition) is 7. The van der Waals surface area contributed by atoms with Crippen LogP contribution in [0.3, 0.4) is 0 Å². The standard InChI is InChI=1S/C30H26O12/c31-13-22-26(38)27(39)30(42-23(37)10-3-14-1-6-16(32)7-2-14)29(41-22)25-19(35)11-18(34)24-20(36)12-21(40-28(24)25)15-4-8-17(33)9-5-15/h1-12,22,26-27,29-35,38-39H,13H2/t22-,26-,27+,29-,30-/m1/s1. The molecule has 42 heavy (non-hydrogen) atoms. The van der Waals surface area contributed by atoms with E-state index in [0.29, 0.717) is 11.1 Å². The molecule has 1 saturated heterocycles. The summed E-state index contributed by atoms with van der Waals surface area (Å²) < 4.78 is 17.2. The number of aliphatic hydroxyl groups is 3. The van der Waals surface area contributed by atoms with Crippen molar-refractivity contribution in [3.05, 3.63) is 88.1 Å². The third-order valence-electron chi connectivity index (χ3n) is 6.86. The van der Waals surface area contributed by atoms with Gasteiger partial charge in [0.2, 0.25) is 0 Å². The van der Waals surface area contributed by atoms with Crippen LogP contribution in [0.2, 0.25) is 0 Å². The van der Waals surface area contributed by atoms with Crippen molar-refractivity contribution in [2.75, 3.05) is 6.61 Å². The summed E-state index contributed by atoms with van der Waals surface area (Å²) >= 11 is 0. The molecule has 4 aromatic rings. The highest BCUT2D eigenvalue weighted by molar-refractivity contribution is 5.90. The van der Waals surface area contributed by atoms with Gasteiger partial charge in [-0.25, -0.2) is 4.79 Å². The van der Waals surface area contributed by atoms with Crippen LogP contribution in [0, 0.1) is 0 Å². The van der Waals surface area contributed by atoms with Crippen molar-refractivity contribution in [1.29, 1.82) is 0 Å². The monoisotopic (exact) mass is 578 g/mol. The number of aliphatic hydroxyl groups excluding tert-OH is 3. The van der Waals surface area contributed by atoms with Crippen LogP contribution in [-0.2, 0) is 14.3 Å². The van der Waals surface area contributed by atoms with Gasteiger partial charge in [0, 0.05) is 23.8 Å². The van der Waals surface area contributed by atoms with Gasteiger partial charge < -0.3 is 49.6 Å². The number of aromatic hydroxyl groups is 4. The van der Waals surface area contributed by atoms with Gasteiger partial charge in [-0.2, -0.15) is 0 Å². The lowest BCUT2D eigenvalue weighted by atomic mass is 9.89. The Balaban J connectivity index is 1.61. The molecule has 1 aliphatic heterocycles. The van der Waals surface area contributed by atoms with E-state index < -0.39 is 60.0 Å². The zero-order chi connectivity index (χ0) is 30.1. The number of carbonyl (C=O) groups excluding carboxylic acids is 1. The number of esters is 1.